The molecule has 1 N–H and O–H groups in total. The third kappa shape index (κ3) is 1.58. The molecule has 2 aliphatic heterocycles. The largest absolute Gasteiger partial charge is 0.383 e. The average molecular weight is 254 g/mol. The van der Waals surface area contributed by atoms with Crippen LogP contribution >= 0.6 is 0 Å². The van der Waals surface area contributed by atoms with E-state index < -0.39 is 25.9 Å². The van der Waals surface area contributed by atoms with Crippen molar-refractivity contribution in [2.45, 2.75) is 41.8 Å². The molecule has 2 atom stereocenters. The number of aromatic nitrogens is 2. The number of hydrogen-bond acceptors (Lipinski definition) is 5. The van der Waals surface area contributed by atoms with Crippen molar-refractivity contribution in [3.63, 3.8) is 0 Å². The van der Waals surface area contributed by atoms with E-state index in [9.17, 15) is 13.5 Å². The topological polar surface area (TPSA) is 80.2 Å². The van der Waals surface area contributed by atoms with Crippen molar-refractivity contribution in [1.82, 2.24) is 9.97 Å². The monoisotopic (exact) mass is 254 g/mol. The standard InChI is InChI=1S/C11H14N2O3S/c14-11(10-7-12-3-4-13-10)5-8-1-2-9(6-11)17(8,15)16/h3-4,7-9,14H,1-2,5-6H2. The fourth-order valence-corrected chi connectivity index (χ4v) is 5.48. The summed E-state index contributed by atoms with van der Waals surface area (Å²) >= 11 is 0. The van der Waals surface area contributed by atoms with Crippen molar-refractivity contribution >= 4 is 9.84 Å². The van der Waals surface area contributed by atoms with E-state index in [1.807, 2.05) is 0 Å². The highest BCUT2D eigenvalue weighted by molar-refractivity contribution is 7.93. The van der Waals surface area contributed by atoms with Crippen molar-refractivity contribution in [1.29, 1.82) is 0 Å². The molecule has 1 aromatic rings. The zero-order valence-electron chi connectivity index (χ0n) is 9.28. The van der Waals surface area contributed by atoms with Gasteiger partial charge in [-0.25, -0.2) is 8.42 Å². The van der Waals surface area contributed by atoms with Gasteiger partial charge < -0.3 is 5.11 Å². The molecular formula is C11H14N2O3S. The SMILES string of the molecule is O=S1(=O)C2CCC1CC(O)(c1cnccn1)C2. The summed E-state index contributed by atoms with van der Waals surface area (Å²) in [6, 6.07) is 0. The summed E-state index contributed by atoms with van der Waals surface area (Å²) in [5.74, 6) is 0. The van der Waals surface area contributed by atoms with Crippen LogP contribution in [0.2, 0.25) is 0 Å². The summed E-state index contributed by atoms with van der Waals surface area (Å²) in [7, 11) is -3.02. The maximum atomic E-state index is 11.9. The van der Waals surface area contributed by atoms with Crippen molar-refractivity contribution < 1.29 is 13.5 Å². The van der Waals surface area contributed by atoms with Crippen molar-refractivity contribution in [2.75, 3.05) is 0 Å². The predicted molar refractivity (Wildman–Crippen MR) is 60.9 cm³/mol. The third-order valence-electron chi connectivity index (χ3n) is 3.91. The Bertz CT molecular complexity index is 509. The van der Waals surface area contributed by atoms with Crippen molar-refractivity contribution in [3.05, 3.63) is 24.3 Å². The van der Waals surface area contributed by atoms with Gasteiger partial charge in [0.1, 0.15) is 5.60 Å². The number of nitrogens with zero attached hydrogens (tertiary/aromatic N) is 2. The molecule has 0 aliphatic carbocycles. The Hall–Kier alpha value is -1.01. The van der Waals surface area contributed by atoms with E-state index in [-0.39, 0.29) is 12.8 Å². The van der Waals surface area contributed by atoms with Gasteiger partial charge in [-0.2, -0.15) is 0 Å². The van der Waals surface area contributed by atoms with Crippen LogP contribution < -0.4 is 0 Å². The fourth-order valence-electron chi connectivity index (χ4n) is 2.99. The second kappa shape index (κ2) is 3.49. The van der Waals surface area contributed by atoms with Gasteiger partial charge in [-0.05, 0) is 25.7 Å². The molecule has 17 heavy (non-hydrogen) atoms. The highest BCUT2D eigenvalue weighted by Crippen LogP contribution is 2.46. The van der Waals surface area contributed by atoms with Gasteiger partial charge in [0.05, 0.1) is 22.4 Å². The number of hydrogen-bond donors (Lipinski definition) is 1. The normalized spacial score (nSPS) is 39.1. The van der Waals surface area contributed by atoms with Crippen LogP contribution in [-0.4, -0.2) is 34.0 Å². The lowest BCUT2D eigenvalue weighted by Gasteiger charge is -2.35. The first-order valence-corrected chi connectivity index (χ1v) is 7.35. The van der Waals surface area contributed by atoms with E-state index in [1.165, 1.54) is 12.4 Å². The van der Waals surface area contributed by atoms with E-state index in [0.717, 1.165) is 0 Å². The first kappa shape index (κ1) is 11.1. The lowest BCUT2D eigenvalue weighted by atomic mass is 9.90. The Balaban J connectivity index is 1.99. The molecule has 2 fully saturated rings. The van der Waals surface area contributed by atoms with E-state index >= 15 is 0 Å². The van der Waals surface area contributed by atoms with Crippen LogP contribution in [0.25, 0.3) is 0 Å². The molecule has 2 aliphatic rings. The van der Waals surface area contributed by atoms with E-state index in [2.05, 4.69) is 9.97 Å². The predicted octanol–water partition coefficient (Wildman–Crippen LogP) is 0.404. The van der Waals surface area contributed by atoms with Gasteiger partial charge in [-0.1, -0.05) is 0 Å². The maximum Gasteiger partial charge on any atom is 0.156 e. The molecule has 2 unspecified atom stereocenters. The Morgan fingerprint density at radius 1 is 1.24 bits per heavy atom. The Kier molecular flexibility index (Phi) is 2.28. The fraction of sp³-hybridized carbons (Fsp3) is 0.636. The highest BCUT2D eigenvalue weighted by Gasteiger charge is 2.53. The molecule has 3 heterocycles. The van der Waals surface area contributed by atoms with Gasteiger partial charge in [0.2, 0.25) is 0 Å². The van der Waals surface area contributed by atoms with Gasteiger partial charge in [-0.15, -0.1) is 0 Å². The zero-order valence-corrected chi connectivity index (χ0v) is 10.1. The van der Waals surface area contributed by atoms with Crippen LogP contribution in [0.4, 0.5) is 0 Å². The summed E-state index contributed by atoms with van der Waals surface area (Å²) < 4.78 is 23.9. The molecular weight excluding hydrogens is 240 g/mol. The van der Waals surface area contributed by atoms with Crippen LogP contribution in [-0.2, 0) is 15.4 Å². The number of sulfone groups is 1. The Morgan fingerprint density at radius 3 is 2.41 bits per heavy atom. The van der Waals surface area contributed by atoms with Crippen LogP contribution in [0.3, 0.4) is 0 Å². The minimum atomic E-state index is -3.02. The van der Waals surface area contributed by atoms with Crippen LogP contribution in [0.15, 0.2) is 18.6 Å². The summed E-state index contributed by atoms with van der Waals surface area (Å²) in [4.78, 5) is 8.05. The zero-order chi connectivity index (χ0) is 12.1. The quantitative estimate of drug-likeness (QED) is 0.785. The first-order valence-electron chi connectivity index (χ1n) is 5.74. The summed E-state index contributed by atoms with van der Waals surface area (Å²) in [6.45, 7) is 0. The van der Waals surface area contributed by atoms with Crippen molar-refractivity contribution in [2.24, 2.45) is 0 Å². The van der Waals surface area contributed by atoms with Gasteiger partial charge in [-0.3, -0.25) is 9.97 Å². The highest BCUT2D eigenvalue weighted by atomic mass is 32.2. The molecule has 92 valence electrons. The number of fused-ring (bicyclic) bond motifs is 2. The van der Waals surface area contributed by atoms with Gasteiger partial charge in [0.25, 0.3) is 0 Å². The molecule has 2 bridgehead atoms. The van der Waals surface area contributed by atoms with E-state index in [0.29, 0.717) is 18.5 Å². The molecule has 5 nitrogen and oxygen atoms in total. The summed E-state index contributed by atoms with van der Waals surface area (Å²) in [5.41, 5.74) is -0.627. The lowest BCUT2D eigenvalue weighted by Crippen LogP contribution is -2.43. The van der Waals surface area contributed by atoms with Gasteiger partial charge >= 0.3 is 0 Å². The molecule has 3 rings (SSSR count). The lowest BCUT2D eigenvalue weighted by molar-refractivity contribution is 0.0127. The second-order valence-corrected chi connectivity index (χ2v) is 7.45. The molecule has 0 amide bonds. The smallest absolute Gasteiger partial charge is 0.156 e. The minimum absolute atomic E-state index is 0.254. The molecule has 0 spiro atoms. The molecule has 2 saturated heterocycles. The molecule has 6 heteroatoms. The van der Waals surface area contributed by atoms with E-state index in [4.69, 9.17) is 0 Å². The van der Waals surface area contributed by atoms with Crippen LogP contribution in [0, 0.1) is 0 Å². The number of rotatable bonds is 1. The third-order valence-corrected chi connectivity index (χ3v) is 6.57. The van der Waals surface area contributed by atoms with E-state index in [1.54, 1.807) is 6.20 Å². The maximum absolute atomic E-state index is 11.9. The average Bonchev–Trinajstić information content (AvgIpc) is 2.52. The minimum Gasteiger partial charge on any atom is -0.383 e. The second-order valence-electron chi connectivity index (χ2n) is 4.94. The summed E-state index contributed by atoms with van der Waals surface area (Å²) in [6.07, 6.45) is 6.43. The Labute approximate surface area is 99.8 Å². The van der Waals surface area contributed by atoms with Crippen LogP contribution in [0.1, 0.15) is 31.4 Å². The molecule has 1 aromatic heterocycles. The van der Waals surface area contributed by atoms with Crippen molar-refractivity contribution in [3.8, 4) is 0 Å². The molecule has 0 radical (unpaired) electrons. The summed E-state index contributed by atoms with van der Waals surface area (Å²) in [5, 5.41) is 9.77. The van der Waals surface area contributed by atoms with Crippen LogP contribution in [0.5, 0.6) is 0 Å². The molecule has 0 saturated carbocycles. The van der Waals surface area contributed by atoms with Gasteiger partial charge in [0.15, 0.2) is 9.84 Å². The van der Waals surface area contributed by atoms with Gasteiger partial charge in [0, 0.05) is 12.4 Å². The first-order chi connectivity index (χ1) is 8.02. The molecule has 0 aromatic carbocycles. The Morgan fingerprint density at radius 2 is 1.88 bits per heavy atom. The number of aliphatic hydroxyl groups is 1.